The van der Waals surface area contributed by atoms with Crippen LogP contribution in [0, 0.1) is 5.92 Å². The highest BCUT2D eigenvalue weighted by Gasteiger charge is 2.43. The molecule has 1 N–H and O–H groups in total. The van der Waals surface area contributed by atoms with Crippen molar-refractivity contribution in [3.8, 4) is 0 Å². The molecule has 0 amide bonds. The first-order valence-electron chi connectivity index (χ1n) is 9.59. The Balaban J connectivity index is 1.29. The Hall–Kier alpha value is -0.0800. The van der Waals surface area contributed by atoms with Gasteiger partial charge in [0.25, 0.3) is 0 Å². The number of unbranched alkanes of at least 4 members (excludes halogenated alkanes) is 7. The molecule has 2 nitrogen and oxygen atoms in total. The topological polar surface area (TPSA) is 32.8 Å². The SMILES string of the molecule is OC[C@]1(CCCCCCCCCCC2CCCCC2)CO1. The van der Waals surface area contributed by atoms with Crippen LogP contribution in [0.3, 0.4) is 0 Å². The average Bonchev–Trinajstić information content (AvgIpc) is 3.31. The first-order chi connectivity index (χ1) is 10.3. The lowest BCUT2D eigenvalue weighted by Crippen LogP contribution is -2.16. The molecule has 124 valence electrons. The maximum absolute atomic E-state index is 9.15. The normalized spacial score (nSPS) is 26.1. The number of hydrogen-bond acceptors (Lipinski definition) is 2. The van der Waals surface area contributed by atoms with Gasteiger partial charge in [0.15, 0.2) is 0 Å². The first-order valence-corrected chi connectivity index (χ1v) is 9.59. The standard InChI is InChI=1S/C19H36O2/c20-16-19(17-21-19)15-11-6-4-2-1-3-5-8-12-18-13-9-7-10-14-18/h18,20H,1-17H2/t19-/m1/s1. The van der Waals surface area contributed by atoms with Gasteiger partial charge in [0.05, 0.1) is 13.2 Å². The van der Waals surface area contributed by atoms with E-state index >= 15 is 0 Å². The van der Waals surface area contributed by atoms with E-state index < -0.39 is 0 Å². The van der Waals surface area contributed by atoms with E-state index in [0.29, 0.717) is 0 Å². The predicted molar refractivity (Wildman–Crippen MR) is 88.5 cm³/mol. The fraction of sp³-hybridized carbons (Fsp3) is 1.00. The highest BCUT2D eigenvalue weighted by molar-refractivity contribution is 4.90. The zero-order valence-corrected chi connectivity index (χ0v) is 14.0. The van der Waals surface area contributed by atoms with E-state index in [1.807, 2.05) is 0 Å². The molecule has 21 heavy (non-hydrogen) atoms. The number of hydrogen-bond donors (Lipinski definition) is 1. The summed E-state index contributed by atoms with van der Waals surface area (Å²) in [5.41, 5.74) is -0.112. The minimum absolute atomic E-state index is 0.112. The molecule has 2 heteroatoms. The molecule has 1 aliphatic heterocycles. The van der Waals surface area contributed by atoms with Crippen LogP contribution in [0.2, 0.25) is 0 Å². The summed E-state index contributed by atoms with van der Waals surface area (Å²) in [7, 11) is 0. The van der Waals surface area contributed by atoms with Crippen LogP contribution in [0.5, 0.6) is 0 Å². The quantitative estimate of drug-likeness (QED) is 0.395. The van der Waals surface area contributed by atoms with E-state index in [2.05, 4.69) is 0 Å². The monoisotopic (exact) mass is 296 g/mol. The number of epoxide rings is 1. The molecular formula is C19H36O2. The summed E-state index contributed by atoms with van der Waals surface area (Å²) >= 11 is 0. The Kier molecular flexibility index (Phi) is 8.10. The molecule has 0 unspecified atom stereocenters. The molecule has 2 rings (SSSR count). The molecule has 1 aliphatic carbocycles. The van der Waals surface area contributed by atoms with Gasteiger partial charge in [0.1, 0.15) is 5.60 Å². The van der Waals surface area contributed by atoms with Gasteiger partial charge in [-0.3, -0.25) is 0 Å². The molecular weight excluding hydrogens is 260 g/mol. The third kappa shape index (κ3) is 7.15. The lowest BCUT2D eigenvalue weighted by atomic mass is 9.85. The summed E-state index contributed by atoms with van der Waals surface area (Å²) in [6, 6.07) is 0. The molecule has 0 aromatic heterocycles. The maximum Gasteiger partial charge on any atom is 0.115 e. The molecule has 2 fully saturated rings. The Morgan fingerprint density at radius 3 is 1.95 bits per heavy atom. The summed E-state index contributed by atoms with van der Waals surface area (Å²) in [5.74, 6) is 1.07. The Morgan fingerprint density at radius 2 is 1.38 bits per heavy atom. The van der Waals surface area contributed by atoms with Gasteiger partial charge in [-0.05, 0) is 12.3 Å². The van der Waals surface area contributed by atoms with E-state index in [0.717, 1.165) is 18.9 Å². The van der Waals surface area contributed by atoms with Crippen molar-refractivity contribution in [2.75, 3.05) is 13.2 Å². The minimum atomic E-state index is -0.112. The summed E-state index contributed by atoms with van der Waals surface area (Å²) in [5, 5.41) is 9.15. The largest absolute Gasteiger partial charge is 0.393 e. The third-order valence-corrected chi connectivity index (χ3v) is 5.56. The smallest absolute Gasteiger partial charge is 0.115 e. The number of aliphatic hydroxyl groups is 1. The average molecular weight is 296 g/mol. The molecule has 0 radical (unpaired) electrons. The predicted octanol–water partition coefficient (Wildman–Crippen LogP) is 5.23. The highest BCUT2D eigenvalue weighted by Crippen LogP contribution is 2.32. The molecule has 0 aromatic rings. The van der Waals surface area contributed by atoms with Gasteiger partial charge in [0, 0.05) is 0 Å². The lowest BCUT2D eigenvalue weighted by Gasteiger charge is -2.21. The van der Waals surface area contributed by atoms with Crippen molar-refractivity contribution in [3.63, 3.8) is 0 Å². The van der Waals surface area contributed by atoms with Crippen LogP contribution in [0.1, 0.15) is 96.3 Å². The number of rotatable bonds is 12. The molecule has 2 aliphatic rings. The second kappa shape index (κ2) is 9.84. The Bertz CT molecular complexity index is 254. The lowest BCUT2D eigenvalue weighted by molar-refractivity contribution is 0.161. The molecule has 0 aromatic carbocycles. The van der Waals surface area contributed by atoms with Gasteiger partial charge in [-0.25, -0.2) is 0 Å². The van der Waals surface area contributed by atoms with E-state index in [1.54, 1.807) is 0 Å². The molecule has 1 saturated heterocycles. The van der Waals surface area contributed by atoms with Crippen LogP contribution in [0.15, 0.2) is 0 Å². The van der Waals surface area contributed by atoms with Crippen molar-refractivity contribution < 1.29 is 9.84 Å². The van der Waals surface area contributed by atoms with Gasteiger partial charge in [-0.1, -0.05) is 89.9 Å². The van der Waals surface area contributed by atoms with Crippen molar-refractivity contribution in [2.45, 2.75) is 102 Å². The third-order valence-electron chi connectivity index (χ3n) is 5.56. The number of aliphatic hydroxyl groups excluding tert-OH is 1. The molecule has 1 heterocycles. The first kappa shape index (κ1) is 17.3. The summed E-state index contributed by atoms with van der Waals surface area (Å²) < 4.78 is 5.32. The Morgan fingerprint density at radius 1 is 0.810 bits per heavy atom. The minimum Gasteiger partial charge on any atom is -0.393 e. The van der Waals surface area contributed by atoms with Gasteiger partial charge in [0.2, 0.25) is 0 Å². The Labute approximate surface area is 131 Å². The van der Waals surface area contributed by atoms with Crippen LogP contribution in [0.25, 0.3) is 0 Å². The van der Waals surface area contributed by atoms with Crippen LogP contribution < -0.4 is 0 Å². The van der Waals surface area contributed by atoms with Gasteiger partial charge in [-0.15, -0.1) is 0 Å². The van der Waals surface area contributed by atoms with Gasteiger partial charge in [-0.2, -0.15) is 0 Å². The second-order valence-corrected chi connectivity index (χ2v) is 7.50. The zero-order chi connectivity index (χ0) is 14.8. The van der Waals surface area contributed by atoms with Crippen LogP contribution in [-0.4, -0.2) is 23.9 Å². The van der Waals surface area contributed by atoms with Crippen molar-refractivity contribution in [1.29, 1.82) is 0 Å². The van der Waals surface area contributed by atoms with E-state index in [9.17, 15) is 0 Å². The van der Waals surface area contributed by atoms with Crippen LogP contribution in [0.4, 0.5) is 0 Å². The van der Waals surface area contributed by atoms with Gasteiger partial charge >= 0.3 is 0 Å². The van der Waals surface area contributed by atoms with Crippen molar-refractivity contribution in [2.24, 2.45) is 5.92 Å². The fourth-order valence-electron chi connectivity index (χ4n) is 3.83. The number of ether oxygens (including phenoxy) is 1. The van der Waals surface area contributed by atoms with Crippen LogP contribution >= 0.6 is 0 Å². The zero-order valence-electron chi connectivity index (χ0n) is 14.0. The van der Waals surface area contributed by atoms with Crippen LogP contribution in [-0.2, 0) is 4.74 Å². The van der Waals surface area contributed by atoms with Gasteiger partial charge < -0.3 is 9.84 Å². The van der Waals surface area contributed by atoms with E-state index in [4.69, 9.17) is 9.84 Å². The van der Waals surface area contributed by atoms with E-state index in [-0.39, 0.29) is 12.2 Å². The summed E-state index contributed by atoms with van der Waals surface area (Å²) in [6.45, 7) is 0.999. The summed E-state index contributed by atoms with van der Waals surface area (Å²) in [4.78, 5) is 0. The van der Waals surface area contributed by atoms with E-state index in [1.165, 1.54) is 89.9 Å². The second-order valence-electron chi connectivity index (χ2n) is 7.50. The molecule has 1 atom stereocenters. The fourth-order valence-corrected chi connectivity index (χ4v) is 3.83. The molecule has 0 spiro atoms. The van der Waals surface area contributed by atoms with Crippen molar-refractivity contribution in [1.82, 2.24) is 0 Å². The van der Waals surface area contributed by atoms with Crippen molar-refractivity contribution >= 4 is 0 Å². The molecule has 1 saturated carbocycles. The highest BCUT2D eigenvalue weighted by atomic mass is 16.6. The summed E-state index contributed by atoms with van der Waals surface area (Å²) in [6.07, 6.45) is 21.2. The molecule has 0 bridgehead atoms. The van der Waals surface area contributed by atoms with Crippen molar-refractivity contribution in [3.05, 3.63) is 0 Å². The maximum atomic E-state index is 9.15.